The first-order valence-corrected chi connectivity index (χ1v) is 5.18. The largest absolute Gasteiger partial charge is 0.431 e. The van der Waals surface area contributed by atoms with Gasteiger partial charge in [-0.05, 0) is 32.3 Å². The minimum atomic E-state index is -0.508. The Morgan fingerprint density at radius 1 is 1.87 bits per heavy atom. The molecule has 84 valence electrons. The third kappa shape index (κ3) is 2.48. The molecule has 0 amide bonds. The lowest BCUT2D eigenvalue weighted by Gasteiger charge is -2.37. The van der Waals surface area contributed by atoms with Crippen molar-refractivity contribution in [1.82, 2.24) is 0 Å². The second-order valence-corrected chi connectivity index (χ2v) is 4.17. The molecular formula is C12H18O3. The van der Waals surface area contributed by atoms with Crippen LogP contribution in [0.5, 0.6) is 0 Å². The molecule has 1 N–H and O–H groups in total. The molecule has 0 aromatic carbocycles. The van der Waals surface area contributed by atoms with Gasteiger partial charge in [0.25, 0.3) is 0 Å². The van der Waals surface area contributed by atoms with E-state index in [0.717, 1.165) is 6.42 Å². The third-order valence-corrected chi connectivity index (χ3v) is 2.89. The van der Waals surface area contributed by atoms with Crippen molar-refractivity contribution in [2.24, 2.45) is 5.41 Å². The molecule has 1 aliphatic rings. The van der Waals surface area contributed by atoms with Crippen LogP contribution in [0.25, 0.3) is 0 Å². The van der Waals surface area contributed by atoms with Crippen LogP contribution in [0.4, 0.5) is 0 Å². The first-order chi connectivity index (χ1) is 7.00. The Morgan fingerprint density at radius 2 is 2.53 bits per heavy atom. The molecule has 0 radical (unpaired) electrons. The van der Waals surface area contributed by atoms with E-state index in [1.54, 1.807) is 6.08 Å². The van der Waals surface area contributed by atoms with E-state index >= 15 is 0 Å². The number of rotatable bonds is 3. The number of hydrogen-bond acceptors (Lipinski definition) is 3. The second kappa shape index (κ2) is 4.62. The van der Waals surface area contributed by atoms with Crippen molar-refractivity contribution in [3.05, 3.63) is 24.5 Å². The Morgan fingerprint density at radius 3 is 3.07 bits per heavy atom. The zero-order valence-electron chi connectivity index (χ0n) is 9.32. The topological polar surface area (TPSA) is 46.5 Å². The van der Waals surface area contributed by atoms with Crippen molar-refractivity contribution in [3.8, 4) is 0 Å². The van der Waals surface area contributed by atoms with Crippen LogP contribution in [0.2, 0.25) is 0 Å². The normalized spacial score (nSPS) is 30.6. The van der Waals surface area contributed by atoms with Gasteiger partial charge in [-0.25, -0.2) is 0 Å². The van der Waals surface area contributed by atoms with Crippen molar-refractivity contribution < 1.29 is 14.6 Å². The summed E-state index contributed by atoms with van der Waals surface area (Å²) >= 11 is 0. The predicted molar refractivity (Wildman–Crippen MR) is 58.0 cm³/mol. The van der Waals surface area contributed by atoms with E-state index in [1.165, 1.54) is 6.92 Å². The molecule has 0 bridgehead atoms. The number of ether oxygens (including phenoxy) is 1. The predicted octanol–water partition coefficient (Wildman–Crippen LogP) is 2.17. The molecule has 0 heterocycles. The number of esters is 1. The lowest BCUT2D eigenvalue weighted by molar-refractivity contribution is -0.140. The van der Waals surface area contributed by atoms with Crippen LogP contribution in [0.1, 0.15) is 33.1 Å². The maximum absolute atomic E-state index is 10.9. The molecule has 0 aromatic heterocycles. The van der Waals surface area contributed by atoms with Crippen LogP contribution in [0.15, 0.2) is 24.5 Å². The number of aliphatic hydroxyl groups excluding tert-OH is 1. The summed E-state index contributed by atoms with van der Waals surface area (Å²) < 4.78 is 5.14. The van der Waals surface area contributed by atoms with E-state index in [4.69, 9.17) is 4.74 Å². The summed E-state index contributed by atoms with van der Waals surface area (Å²) in [6, 6.07) is 0. The third-order valence-electron chi connectivity index (χ3n) is 2.89. The molecule has 0 aromatic rings. The Bertz CT molecular complexity index is 293. The number of aliphatic hydroxyl groups is 1. The van der Waals surface area contributed by atoms with Crippen LogP contribution in [0.3, 0.4) is 0 Å². The van der Waals surface area contributed by atoms with Crippen LogP contribution in [-0.4, -0.2) is 17.2 Å². The summed E-state index contributed by atoms with van der Waals surface area (Å²) in [6.07, 6.45) is 5.21. The number of hydrogen-bond donors (Lipinski definition) is 1. The van der Waals surface area contributed by atoms with Crippen molar-refractivity contribution >= 4 is 5.97 Å². The van der Waals surface area contributed by atoms with Gasteiger partial charge in [-0.15, -0.1) is 6.58 Å². The Labute approximate surface area is 90.4 Å². The SMILES string of the molecule is C=CCC1(C)C(OC(C)=O)=CCCC1O. The van der Waals surface area contributed by atoms with Crippen LogP contribution in [-0.2, 0) is 9.53 Å². The molecule has 3 heteroatoms. The highest BCUT2D eigenvalue weighted by molar-refractivity contribution is 5.67. The summed E-state index contributed by atoms with van der Waals surface area (Å²) in [5, 5.41) is 9.96. The molecule has 0 aliphatic heterocycles. The highest BCUT2D eigenvalue weighted by atomic mass is 16.5. The van der Waals surface area contributed by atoms with Gasteiger partial charge in [0.1, 0.15) is 5.76 Å². The van der Waals surface area contributed by atoms with E-state index in [2.05, 4.69) is 6.58 Å². The maximum Gasteiger partial charge on any atom is 0.307 e. The smallest absolute Gasteiger partial charge is 0.307 e. The molecule has 1 aliphatic carbocycles. The van der Waals surface area contributed by atoms with E-state index in [9.17, 15) is 9.90 Å². The van der Waals surface area contributed by atoms with Crippen molar-refractivity contribution in [2.45, 2.75) is 39.2 Å². The number of carbonyl (C=O) groups is 1. The van der Waals surface area contributed by atoms with Gasteiger partial charge >= 0.3 is 5.97 Å². The van der Waals surface area contributed by atoms with Gasteiger partial charge in [0.15, 0.2) is 0 Å². The quantitative estimate of drug-likeness (QED) is 0.573. The van der Waals surface area contributed by atoms with Crippen LogP contribution in [0, 0.1) is 5.41 Å². The number of allylic oxidation sites excluding steroid dienone is 2. The van der Waals surface area contributed by atoms with Gasteiger partial charge in [0.05, 0.1) is 11.5 Å². The van der Waals surface area contributed by atoms with Gasteiger partial charge in [0.2, 0.25) is 0 Å². The van der Waals surface area contributed by atoms with Gasteiger partial charge in [-0.3, -0.25) is 4.79 Å². The minimum Gasteiger partial charge on any atom is -0.431 e. The van der Waals surface area contributed by atoms with Gasteiger partial charge in [-0.2, -0.15) is 0 Å². The van der Waals surface area contributed by atoms with Gasteiger partial charge < -0.3 is 9.84 Å². The average molecular weight is 210 g/mol. The Balaban J connectivity index is 2.93. The van der Waals surface area contributed by atoms with E-state index < -0.39 is 11.5 Å². The molecule has 0 spiro atoms. The highest BCUT2D eigenvalue weighted by Gasteiger charge is 2.39. The zero-order chi connectivity index (χ0) is 11.5. The minimum absolute atomic E-state index is 0.342. The summed E-state index contributed by atoms with van der Waals surface area (Å²) in [4.78, 5) is 10.9. The molecule has 0 fully saturated rings. The van der Waals surface area contributed by atoms with E-state index in [1.807, 2.05) is 13.0 Å². The molecular weight excluding hydrogens is 192 g/mol. The highest BCUT2D eigenvalue weighted by Crippen LogP contribution is 2.41. The lowest BCUT2D eigenvalue weighted by Crippen LogP contribution is -2.37. The Hall–Kier alpha value is -1.09. The monoisotopic (exact) mass is 210 g/mol. The molecule has 3 nitrogen and oxygen atoms in total. The molecule has 2 atom stereocenters. The fourth-order valence-electron chi connectivity index (χ4n) is 1.94. The summed E-state index contributed by atoms with van der Waals surface area (Å²) in [5.74, 6) is 0.235. The fourth-order valence-corrected chi connectivity index (χ4v) is 1.94. The first-order valence-electron chi connectivity index (χ1n) is 5.18. The molecule has 15 heavy (non-hydrogen) atoms. The zero-order valence-corrected chi connectivity index (χ0v) is 9.32. The van der Waals surface area contributed by atoms with Crippen molar-refractivity contribution in [3.63, 3.8) is 0 Å². The Kier molecular flexibility index (Phi) is 3.69. The second-order valence-electron chi connectivity index (χ2n) is 4.17. The van der Waals surface area contributed by atoms with E-state index in [-0.39, 0.29) is 5.97 Å². The molecule has 1 rings (SSSR count). The van der Waals surface area contributed by atoms with Crippen molar-refractivity contribution in [2.75, 3.05) is 0 Å². The lowest BCUT2D eigenvalue weighted by atomic mass is 9.74. The first kappa shape index (κ1) is 12.0. The standard InChI is InChI=1S/C12H18O3/c1-4-8-12(3)10(14)6-5-7-11(12)15-9(2)13/h4,7,10,14H,1,5-6,8H2,2-3H3. The fraction of sp³-hybridized carbons (Fsp3) is 0.583. The maximum atomic E-state index is 10.9. The average Bonchev–Trinajstić information content (AvgIpc) is 2.13. The summed E-state index contributed by atoms with van der Waals surface area (Å²) in [7, 11) is 0. The van der Waals surface area contributed by atoms with Crippen molar-refractivity contribution in [1.29, 1.82) is 0 Å². The van der Waals surface area contributed by atoms with Gasteiger partial charge in [-0.1, -0.05) is 6.08 Å². The van der Waals surface area contributed by atoms with Crippen LogP contribution >= 0.6 is 0 Å². The number of carbonyl (C=O) groups excluding carboxylic acids is 1. The molecule has 0 saturated heterocycles. The summed E-state index contributed by atoms with van der Waals surface area (Å²) in [6.45, 7) is 6.94. The van der Waals surface area contributed by atoms with Crippen LogP contribution < -0.4 is 0 Å². The molecule has 0 saturated carbocycles. The van der Waals surface area contributed by atoms with Gasteiger partial charge in [0, 0.05) is 6.92 Å². The van der Waals surface area contributed by atoms with E-state index in [0.29, 0.717) is 18.6 Å². The molecule has 2 unspecified atom stereocenters. The summed E-state index contributed by atoms with van der Waals surface area (Å²) in [5.41, 5.74) is -0.508.